The molecule has 0 aliphatic carbocycles. The van der Waals surface area contributed by atoms with E-state index in [0.29, 0.717) is 30.2 Å². The highest BCUT2D eigenvalue weighted by Crippen LogP contribution is 2.26. The van der Waals surface area contributed by atoms with E-state index in [4.69, 9.17) is 11.6 Å². The lowest BCUT2D eigenvalue weighted by Crippen LogP contribution is -2.35. The van der Waals surface area contributed by atoms with Crippen LogP contribution in [0.5, 0.6) is 0 Å². The number of carbonyl (C=O) groups is 1. The standard InChI is InChI=1S/C22H21ClFN3O/c23-20-8-7-16-5-2-9-25-21(16)19(20)15-26-10-3-11-27(13-12-26)22(28)17-4-1-6-18(24)14-17/h1-2,4-9,14H,3,10-13,15H2. The van der Waals surface area contributed by atoms with Gasteiger partial charge >= 0.3 is 0 Å². The Kier molecular flexibility index (Phi) is 5.55. The van der Waals surface area contributed by atoms with E-state index in [1.807, 2.05) is 24.3 Å². The van der Waals surface area contributed by atoms with Gasteiger partial charge in [0.05, 0.1) is 5.52 Å². The fraction of sp³-hybridized carbons (Fsp3) is 0.273. The van der Waals surface area contributed by atoms with Crippen LogP contribution >= 0.6 is 11.6 Å². The highest BCUT2D eigenvalue weighted by Gasteiger charge is 2.21. The first-order valence-corrected chi connectivity index (χ1v) is 9.79. The Morgan fingerprint density at radius 3 is 2.82 bits per heavy atom. The summed E-state index contributed by atoms with van der Waals surface area (Å²) < 4.78 is 13.4. The van der Waals surface area contributed by atoms with Crippen LogP contribution in [0, 0.1) is 5.82 Å². The third-order valence-corrected chi connectivity index (χ3v) is 5.51. The molecule has 28 heavy (non-hydrogen) atoms. The second-order valence-electron chi connectivity index (χ2n) is 7.03. The molecule has 0 atom stereocenters. The summed E-state index contributed by atoms with van der Waals surface area (Å²) in [5.41, 5.74) is 2.34. The normalized spacial score (nSPS) is 15.6. The summed E-state index contributed by atoms with van der Waals surface area (Å²) in [5.74, 6) is -0.508. The van der Waals surface area contributed by atoms with Crippen molar-refractivity contribution in [1.82, 2.24) is 14.8 Å². The van der Waals surface area contributed by atoms with Crippen LogP contribution in [-0.4, -0.2) is 46.9 Å². The molecule has 0 bridgehead atoms. The van der Waals surface area contributed by atoms with Crippen LogP contribution in [0.1, 0.15) is 22.3 Å². The fourth-order valence-electron chi connectivity index (χ4n) is 3.69. The van der Waals surface area contributed by atoms with Gasteiger partial charge in [0.1, 0.15) is 5.82 Å². The highest BCUT2D eigenvalue weighted by molar-refractivity contribution is 6.32. The highest BCUT2D eigenvalue weighted by atomic mass is 35.5. The molecule has 0 saturated carbocycles. The number of nitrogens with zero attached hydrogens (tertiary/aromatic N) is 3. The Morgan fingerprint density at radius 2 is 1.96 bits per heavy atom. The first-order chi connectivity index (χ1) is 13.6. The molecule has 3 aromatic rings. The minimum atomic E-state index is -0.389. The number of amides is 1. The molecule has 144 valence electrons. The van der Waals surface area contributed by atoms with Crippen molar-refractivity contribution in [2.45, 2.75) is 13.0 Å². The second-order valence-corrected chi connectivity index (χ2v) is 7.44. The van der Waals surface area contributed by atoms with E-state index < -0.39 is 0 Å². The Morgan fingerprint density at radius 1 is 1.07 bits per heavy atom. The lowest BCUT2D eigenvalue weighted by Gasteiger charge is -2.23. The summed E-state index contributed by atoms with van der Waals surface area (Å²) in [6.07, 6.45) is 2.64. The number of carbonyl (C=O) groups excluding carboxylic acids is 1. The average molecular weight is 398 g/mol. The first kappa shape index (κ1) is 18.8. The second kappa shape index (κ2) is 8.25. The Hall–Kier alpha value is -2.50. The Labute approximate surface area is 168 Å². The molecule has 2 aromatic carbocycles. The number of halogens is 2. The van der Waals surface area contributed by atoms with Crippen LogP contribution in [0.4, 0.5) is 4.39 Å². The molecule has 0 radical (unpaired) electrons. The molecule has 0 spiro atoms. The number of rotatable bonds is 3. The summed E-state index contributed by atoms with van der Waals surface area (Å²) in [4.78, 5) is 21.3. The van der Waals surface area contributed by atoms with Crippen molar-refractivity contribution < 1.29 is 9.18 Å². The molecule has 1 fully saturated rings. The zero-order valence-corrected chi connectivity index (χ0v) is 16.2. The predicted molar refractivity (Wildman–Crippen MR) is 109 cm³/mol. The van der Waals surface area contributed by atoms with Gasteiger partial charge in [0.2, 0.25) is 0 Å². The topological polar surface area (TPSA) is 36.4 Å². The average Bonchev–Trinajstić information content (AvgIpc) is 2.95. The van der Waals surface area contributed by atoms with Gasteiger partial charge in [0.15, 0.2) is 0 Å². The van der Waals surface area contributed by atoms with Crippen LogP contribution in [0.2, 0.25) is 5.02 Å². The molecule has 1 saturated heterocycles. The number of aromatic nitrogens is 1. The van der Waals surface area contributed by atoms with Crippen molar-refractivity contribution in [3.8, 4) is 0 Å². The van der Waals surface area contributed by atoms with Crippen molar-refractivity contribution in [2.75, 3.05) is 26.2 Å². The summed E-state index contributed by atoms with van der Waals surface area (Å²) in [6.45, 7) is 3.56. The largest absolute Gasteiger partial charge is 0.337 e. The summed E-state index contributed by atoms with van der Waals surface area (Å²) in [7, 11) is 0. The van der Waals surface area contributed by atoms with Gasteiger partial charge in [-0.05, 0) is 36.8 Å². The van der Waals surface area contributed by atoms with Crippen molar-refractivity contribution in [1.29, 1.82) is 0 Å². The van der Waals surface area contributed by atoms with Gasteiger partial charge in [0.25, 0.3) is 5.91 Å². The maximum absolute atomic E-state index is 13.4. The van der Waals surface area contributed by atoms with Crippen molar-refractivity contribution >= 4 is 28.4 Å². The van der Waals surface area contributed by atoms with E-state index in [9.17, 15) is 9.18 Å². The van der Waals surface area contributed by atoms with Crippen molar-refractivity contribution in [3.63, 3.8) is 0 Å². The molecule has 1 amide bonds. The van der Waals surface area contributed by atoms with Crippen molar-refractivity contribution in [2.24, 2.45) is 0 Å². The summed E-state index contributed by atoms with van der Waals surface area (Å²) in [5, 5.41) is 1.78. The van der Waals surface area contributed by atoms with Gasteiger partial charge in [-0.3, -0.25) is 14.7 Å². The van der Waals surface area contributed by atoms with E-state index in [-0.39, 0.29) is 11.7 Å². The molecule has 1 aromatic heterocycles. The van der Waals surface area contributed by atoms with Gasteiger partial charge in [-0.15, -0.1) is 0 Å². The van der Waals surface area contributed by atoms with Crippen LogP contribution < -0.4 is 0 Å². The maximum Gasteiger partial charge on any atom is 0.254 e. The summed E-state index contributed by atoms with van der Waals surface area (Å²) >= 11 is 6.47. The monoisotopic (exact) mass is 397 g/mol. The van der Waals surface area contributed by atoms with Gasteiger partial charge in [-0.2, -0.15) is 0 Å². The zero-order valence-electron chi connectivity index (χ0n) is 15.4. The van der Waals surface area contributed by atoms with Crippen LogP contribution in [-0.2, 0) is 6.54 Å². The predicted octanol–water partition coefficient (Wildman–Crippen LogP) is 4.38. The first-order valence-electron chi connectivity index (χ1n) is 9.41. The SMILES string of the molecule is O=C(c1cccc(F)c1)N1CCCN(Cc2c(Cl)ccc3cccnc23)CC1. The molecule has 4 nitrogen and oxygen atoms in total. The van der Waals surface area contributed by atoms with Crippen LogP contribution in [0.25, 0.3) is 10.9 Å². The molecule has 2 heterocycles. The number of hydrogen-bond donors (Lipinski definition) is 0. The van der Waals surface area contributed by atoms with Crippen molar-refractivity contribution in [3.05, 3.63) is 76.7 Å². The minimum Gasteiger partial charge on any atom is -0.337 e. The zero-order chi connectivity index (χ0) is 19.5. The van der Waals surface area contributed by atoms with E-state index in [0.717, 1.165) is 36.0 Å². The molecule has 0 unspecified atom stereocenters. The van der Waals surface area contributed by atoms with Gasteiger partial charge in [-0.1, -0.05) is 29.8 Å². The van der Waals surface area contributed by atoms with E-state index in [1.165, 1.54) is 12.1 Å². The fourth-order valence-corrected chi connectivity index (χ4v) is 3.90. The van der Waals surface area contributed by atoms with E-state index >= 15 is 0 Å². The number of benzene rings is 2. The van der Waals surface area contributed by atoms with Gasteiger partial charge in [-0.25, -0.2) is 4.39 Å². The molecule has 0 N–H and O–H groups in total. The third kappa shape index (κ3) is 4.01. The molecular formula is C22H21ClFN3O. The summed E-state index contributed by atoms with van der Waals surface area (Å²) in [6, 6.07) is 13.7. The number of hydrogen-bond acceptors (Lipinski definition) is 3. The number of pyridine rings is 1. The molecule has 1 aliphatic heterocycles. The molecule has 1 aliphatic rings. The molecular weight excluding hydrogens is 377 g/mol. The lowest BCUT2D eigenvalue weighted by atomic mass is 10.1. The van der Waals surface area contributed by atoms with Crippen LogP contribution in [0.3, 0.4) is 0 Å². The van der Waals surface area contributed by atoms with E-state index in [1.54, 1.807) is 23.2 Å². The molecule has 4 rings (SSSR count). The Bertz CT molecular complexity index is 1010. The van der Waals surface area contributed by atoms with Crippen LogP contribution in [0.15, 0.2) is 54.7 Å². The van der Waals surface area contributed by atoms with Gasteiger partial charge in [0, 0.05) is 60.5 Å². The quantitative estimate of drug-likeness (QED) is 0.658. The smallest absolute Gasteiger partial charge is 0.254 e. The van der Waals surface area contributed by atoms with Gasteiger partial charge < -0.3 is 4.90 Å². The minimum absolute atomic E-state index is 0.119. The number of fused-ring (bicyclic) bond motifs is 1. The Balaban J connectivity index is 1.48. The van der Waals surface area contributed by atoms with E-state index in [2.05, 4.69) is 9.88 Å². The molecule has 6 heteroatoms. The third-order valence-electron chi connectivity index (χ3n) is 5.15. The lowest BCUT2D eigenvalue weighted by molar-refractivity contribution is 0.0760. The maximum atomic E-state index is 13.4.